The number of amides is 1. The Balaban J connectivity index is 2.11. The van der Waals surface area contributed by atoms with Crippen molar-refractivity contribution < 1.29 is 14.7 Å². The van der Waals surface area contributed by atoms with Crippen LogP contribution in [0.2, 0.25) is 0 Å². The molecule has 1 saturated heterocycles. The minimum Gasteiger partial charge on any atom is -0.480 e. The molecule has 0 spiro atoms. The summed E-state index contributed by atoms with van der Waals surface area (Å²) < 4.78 is 0.979. The summed E-state index contributed by atoms with van der Waals surface area (Å²) in [5, 5.41) is 9.26. The normalized spacial score (nSPS) is 23.3. The zero-order valence-corrected chi connectivity index (χ0v) is 12.4. The van der Waals surface area contributed by atoms with Crippen molar-refractivity contribution in [2.24, 2.45) is 0 Å². The number of thiophene rings is 1. The van der Waals surface area contributed by atoms with Gasteiger partial charge in [-0.2, -0.15) is 0 Å². The summed E-state index contributed by atoms with van der Waals surface area (Å²) in [6.07, 6.45) is 1.56. The Bertz CT molecular complexity index is 487. The van der Waals surface area contributed by atoms with Gasteiger partial charge in [0.2, 0.25) is 5.91 Å². The molecule has 0 radical (unpaired) electrons. The van der Waals surface area contributed by atoms with Gasteiger partial charge in [-0.05, 0) is 47.8 Å². The molecular formula is C12H14BrNO3S. The second-order valence-corrected chi connectivity index (χ2v) is 7.16. The van der Waals surface area contributed by atoms with Gasteiger partial charge in [0.05, 0.1) is 10.2 Å². The fraction of sp³-hybridized carbons (Fsp3) is 0.500. The van der Waals surface area contributed by atoms with Crippen molar-refractivity contribution in [2.75, 3.05) is 6.54 Å². The molecule has 18 heavy (non-hydrogen) atoms. The molecule has 1 aromatic rings. The number of carbonyl (C=O) groups excluding carboxylic acids is 1. The first-order valence-corrected chi connectivity index (χ1v) is 7.32. The minimum atomic E-state index is -1.04. The van der Waals surface area contributed by atoms with E-state index in [1.54, 1.807) is 6.92 Å². The molecule has 1 amide bonds. The molecule has 4 nitrogen and oxygen atoms in total. The number of carboxylic acid groups (broad SMARTS) is 1. The molecule has 2 heterocycles. The van der Waals surface area contributed by atoms with E-state index in [1.807, 2.05) is 12.1 Å². The van der Waals surface area contributed by atoms with Crippen molar-refractivity contribution in [3.05, 3.63) is 20.8 Å². The predicted octanol–water partition coefficient (Wildman–Crippen LogP) is 2.52. The van der Waals surface area contributed by atoms with Crippen LogP contribution in [0.15, 0.2) is 15.9 Å². The maximum atomic E-state index is 12.2. The van der Waals surface area contributed by atoms with Gasteiger partial charge in [0.25, 0.3) is 0 Å². The number of carboxylic acids is 1. The maximum absolute atomic E-state index is 12.2. The highest BCUT2D eigenvalue weighted by molar-refractivity contribution is 9.11. The lowest BCUT2D eigenvalue weighted by Crippen LogP contribution is -2.51. The average molecular weight is 332 g/mol. The molecule has 1 aliphatic rings. The van der Waals surface area contributed by atoms with Crippen LogP contribution >= 0.6 is 27.3 Å². The summed E-state index contributed by atoms with van der Waals surface area (Å²) in [6.45, 7) is 2.17. The second kappa shape index (κ2) is 5.01. The fourth-order valence-corrected chi connectivity index (χ4v) is 3.75. The third-order valence-electron chi connectivity index (χ3n) is 3.36. The van der Waals surface area contributed by atoms with Gasteiger partial charge in [-0.1, -0.05) is 0 Å². The summed E-state index contributed by atoms with van der Waals surface area (Å²) in [7, 11) is 0. The first-order valence-electron chi connectivity index (χ1n) is 5.71. The molecule has 1 aliphatic heterocycles. The highest BCUT2D eigenvalue weighted by Gasteiger charge is 2.45. The Morgan fingerprint density at radius 2 is 2.28 bits per heavy atom. The monoisotopic (exact) mass is 331 g/mol. The van der Waals surface area contributed by atoms with E-state index in [9.17, 15) is 14.7 Å². The summed E-state index contributed by atoms with van der Waals surface area (Å²) in [6, 6.07) is 3.79. The highest BCUT2D eigenvalue weighted by atomic mass is 79.9. The van der Waals surface area contributed by atoms with E-state index in [-0.39, 0.29) is 12.3 Å². The fourth-order valence-electron chi connectivity index (χ4n) is 2.28. The maximum Gasteiger partial charge on any atom is 0.329 e. The Morgan fingerprint density at radius 3 is 2.83 bits per heavy atom. The van der Waals surface area contributed by atoms with Gasteiger partial charge >= 0.3 is 5.97 Å². The largest absolute Gasteiger partial charge is 0.480 e. The molecule has 0 aromatic carbocycles. The van der Waals surface area contributed by atoms with Crippen LogP contribution in [0.5, 0.6) is 0 Å². The lowest BCUT2D eigenvalue weighted by Gasteiger charge is -2.31. The molecule has 0 bridgehead atoms. The van der Waals surface area contributed by atoms with Gasteiger partial charge in [0.15, 0.2) is 0 Å². The van der Waals surface area contributed by atoms with Crippen molar-refractivity contribution >= 4 is 39.1 Å². The van der Waals surface area contributed by atoms with E-state index in [4.69, 9.17) is 0 Å². The van der Waals surface area contributed by atoms with Crippen LogP contribution in [0.1, 0.15) is 24.6 Å². The van der Waals surface area contributed by atoms with E-state index in [0.717, 1.165) is 15.1 Å². The number of likely N-dealkylation sites (tertiary alicyclic amines) is 1. The van der Waals surface area contributed by atoms with Crippen LogP contribution in [-0.2, 0) is 16.0 Å². The molecule has 2 rings (SSSR count). The second-order valence-electron chi connectivity index (χ2n) is 4.61. The van der Waals surface area contributed by atoms with Gasteiger partial charge in [-0.3, -0.25) is 4.79 Å². The first kappa shape index (κ1) is 13.5. The lowest BCUT2D eigenvalue weighted by molar-refractivity contribution is -0.155. The number of aliphatic carboxylic acids is 1. The standard InChI is InChI=1S/C12H14BrNO3S/c1-12(11(16)17)5-2-6-14(12)10(15)7-8-3-4-9(13)18-8/h3-4H,2,5-7H2,1H3,(H,16,17). The van der Waals surface area contributed by atoms with Crippen LogP contribution < -0.4 is 0 Å². The van der Waals surface area contributed by atoms with Gasteiger partial charge in [0, 0.05) is 11.4 Å². The van der Waals surface area contributed by atoms with Crippen molar-refractivity contribution in [1.82, 2.24) is 4.90 Å². The zero-order valence-electron chi connectivity index (χ0n) is 9.98. The van der Waals surface area contributed by atoms with Crippen LogP contribution in [0, 0.1) is 0 Å². The quantitative estimate of drug-likeness (QED) is 0.925. The Labute approximate surface area is 118 Å². The smallest absolute Gasteiger partial charge is 0.329 e. The number of rotatable bonds is 3. The predicted molar refractivity (Wildman–Crippen MR) is 72.7 cm³/mol. The zero-order chi connectivity index (χ0) is 13.3. The molecule has 1 N–H and O–H groups in total. The van der Waals surface area contributed by atoms with E-state index in [0.29, 0.717) is 13.0 Å². The molecule has 98 valence electrons. The summed E-state index contributed by atoms with van der Waals surface area (Å²) in [5.74, 6) is -1.02. The SMILES string of the molecule is CC1(C(=O)O)CCCN1C(=O)Cc1ccc(Br)s1. The molecule has 1 unspecified atom stereocenters. The molecule has 1 aromatic heterocycles. The van der Waals surface area contributed by atoms with E-state index < -0.39 is 11.5 Å². The number of carbonyl (C=O) groups is 2. The van der Waals surface area contributed by atoms with Crippen LogP contribution in [-0.4, -0.2) is 34.0 Å². The summed E-state index contributed by atoms with van der Waals surface area (Å²) in [4.78, 5) is 25.9. The number of nitrogens with zero attached hydrogens (tertiary/aromatic N) is 1. The number of hydrogen-bond acceptors (Lipinski definition) is 3. The first-order chi connectivity index (χ1) is 8.43. The van der Waals surface area contributed by atoms with Crippen molar-refractivity contribution in [2.45, 2.75) is 31.7 Å². The molecule has 1 fully saturated rings. The van der Waals surface area contributed by atoms with Crippen LogP contribution in [0.3, 0.4) is 0 Å². The minimum absolute atomic E-state index is 0.105. The molecule has 6 heteroatoms. The van der Waals surface area contributed by atoms with Gasteiger partial charge in [0.1, 0.15) is 5.54 Å². The number of halogens is 1. The van der Waals surface area contributed by atoms with Gasteiger partial charge in [-0.25, -0.2) is 4.79 Å². The van der Waals surface area contributed by atoms with Crippen molar-refractivity contribution in [3.63, 3.8) is 0 Å². The van der Waals surface area contributed by atoms with E-state index >= 15 is 0 Å². The summed E-state index contributed by atoms with van der Waals surface area (Å²) in [5.41, 5.74) is -1.04. The van der Waals surface area contributed by atoms with Crippen LogP contribution in [0.4, 0.5) is 0 Å². The molecule has 1 atom stereocenters. The average Bonchev–Trinajstić information content (AvgIpc) is 2.86. The van der Waals surface area contributed by atoms with Gasteiger partial charge < -0.3 is 10.0 Å². The van der Waals surface area contributed by atoms with Crippen molar-refractivity contribution in [1.29, 1.82) is 0 Å². The van der Waals surface area contributed by atoms with E-state index in [2.05, 4.69) is 15.9 Å². The Kier molecular flexibility index (Phi) is 3.77. The van der Waals surface area contributed by atoms with E-state index in [1.165, 1.54) is 16.2 Å². The highest BCUT2D eigenvalue weighted by Crippen LogP contribution is 2.31. The Morgan fingerprint density at radius 1 is 1.56 bits per heavy atom. The molecular weight excluding hydrogens is 318 g/mol. The third kappa shape index (κ3) is 2.44. The van der Waals surface area contributed by atoms with Crippen LogP contribution in [0.25, 0.3) is 0 Å². The van der Waals surface area contributed by atoms with Gasteiger partial charge in [-0.15, -0.1) is 11.3 Å². The Hall–Kier alpha value is -0.880. The molecule has 0 aliphatic carbocycles. The number of hydrogen-bond donors (Lipinski definition) is 1. The third-order valence-corrected chi connectivity index (χ3v) is 4.98. The summed E-state index contributed by atoms with van der Waals surface area (Å²) >= 11 is 4.86. The molecule has 0 saturated carbocycles. The topological polar surface area (TPSA) is 57.6 Å². The van der Waals surface area contributed by atoms with Crippen molar-refractivity contribution in [3.8, 4) is 0 Å². The lowest BCUT2D eigenvalue weighted by atomic mass is 9.99.